The zero-order valence-corrected chi connectivity index (χ0v) is 7.93. The maximum atomic E-state index is 13.1. The summed E-state index contributed by atoms with van der Waals surface area (Å²) in [6, 6.07) is 3.08. The maximum absolute atomic E-state index is 13.1. The first-order chi connectivity index (χ1) is 6.22. The first-order valence-corrected chi connectivity index (χ1v) is 4.56. The minimum Gasteiger partial charge on any atom is -0.496 e. The predicted molar refractivity (Wildman–Crippen MR) is 49.7 cm³/mol. The van der Waals surface area contributed by atoms with Crippen LogP contribution in [0, 0.1) is 12.7 Å². The zero-order valence-electron chi connectivity index (χ0n) is 7.93. The van der Waals surface area contributed by atoms with E-state index in [-0.39, 0.29) is 5.82 Å². The molecule has 1 aromatic carbocycles. The van der Waals surface area contributed by atoms with Gasteiger partial charge >= 0.3 is 0 Å². The minimum atomic E-state index is -0.190. The molecule has 1 fully saturated rings. The third kappa shape index (κ3) is 1.53. The van der Waals surface area contributed by atoms with E-state index in [0.29, 0.717) is 11.7 Å². The lowest BCUT2D eigenvalue weighted by atomic mass is 10.0. The van der Waals surface area contributed by atoms with Crippen molar-refractivity contribution in [3.05, 3.63) is 29.1 Å². The van der Waals surface area contributed by atoms with Gasteiger partial charge in [-0.05, 0) is 42.9 Å². The first kappa shape index (κ1) is 8.54. The van der Waals surface area contributed by atoms with Gasteiger partial charge in [-0.3, -0.25) is 0 Å². The Labute approximate surface area is 77.5 Å². The molecule has 0 saturated heterocycles. The zero-order chi connectivity index (χ0) is 9.42. The lowest BCUT2D eigenvalue weighted by molar-refractivity contribution is 0.407. The molecule has 70 valence electrons. The van der Waals surface area contributed by atoms with E-state index in [2.05, 4.69) is 0 Å². The van der Waals surface area contributed by atoms with Crippen LogP contribution in [0.25, 0.3) is 0 Å². The monoisotopic (exact) mass is 180 g/mol. The molecule has 1 aliphatic rings. The second-order valence-electron chi connectivity index (χ2n) is 3.60. The molecule has 1 aromatic rings. The molecule has 0 radical (unpaired) electrons. The van der Waals surface area contributed by atoms with Crippen LogP contribution in [0.3, 0.4) is 0 Å². The quantitative estimate of drug-likeness (QED) is 0.679. The third-order valence-corrected chi connectivity index (χ3v) is 2.60. The van der Waals surface area contributed by atoms with Crippen molar-refractivity contribution in [2.45, 2.75) is 25.7 Å². The summed E-state index contributed by atoms with van der Waals surface area (Å²) >= 11 is 0. The van der Waals surface area contributed by atoms with Crippen molar-refractivity contribution in [3.8, 4) is 5.75 Å². The van der Waals surface area contributed by atoms with Gasteiger partial charge in [0.15, 0.2) is 0 Å². The number of hydrogen-bond donors (Lipinski definition) is 0. The number of methoxy groups -OCH3 is 1. The minimum absolute atomic E-state index is 0.190. The van der Waals surface area contributed by atoms with E-state index < -0.39 is 0 Å². The number of halogens is 1. The van der Waals surface area contributed by atoms with Gasteiger partial charge in [0.2, 0.25) is 0 Å². The Balaban J connectivity index is 2.47. The average Bonchev–Trinajstić information content (AvgIpc) is 2.91. The lowest BCUT2D eigenvalue weighted by Gasteiger charge is -2.09. The fraction of sp³-hybridized carbons (Fsp3) is 0.455. The molecule has 1 saturated carbocycles. The summed E-state index contributed by atoms with van der Waals surface area (Å²) in [5, 5.41) is 0. The molecule has 0 aromatic heterocycles. The Morgan fingerprint density at radius 3 is 2.62 bits per heavy atom. The van der Waals surface area contributed by atoms with Crippen LogP contribution in [0.2, 0.25) is 0 Å². The van der Waals surface area contributed by atoms with Crippen molar-refractivity contribution in [3.63, 3.8) is 0 Å². The van der Waals surface area contributed by atoms with Gasteiger partial charge in [-0.1, -0.05) is 0 Å². The van der Waals surface area contributed by atoms with E-state index in [1.165, 1.54) is 18.9 Å². The molecule has 0 N–H and O–H groups in total. The molecule has 2 rings (SSSR count). The molecule has 0 amide bonds. The van der Waals surface area contributed by atoms with Crippen LogP contribution in [-0.4, -0.2) is 7.11 Å². The summed E-state index contributed by atoms with van der Waals surface area (Å²) in [7, 11) is 1.58. The molecule has 0 heterocycles. The van der Waals surface area contributed by atoms with Crippen LogP contribution in [0.4, 0.5) is 4.39 Å². The Morgan fingerprint density at radius 1 is 1.38 bits per heavy atom. The summed E-state index contributed by atoms with van der Waals surface area (Å²) in [4.78, 5) is 0. The SMILES string of the molecule is COc1cc(F)cc(C2CC2)c1C. The fourth-order valence-corrected chi connectivity index (χ4v) is 1.70. The lowest BCUT2D eigenvalue weighted by Crippen LogP contribution is -1.94. The van der Waals surface area contributed by atoms with Crippen molar-refractivity contribution >= 4 is 0 Å². The van der Waals surface area contributed by atoms with E-state index >= 15 is 0 Å². The summed E-state index contributed by atoms with van der Waals surface area (Å²) in [5.41, 5.74) is 2.21. The maximum Gasteiger partial charge on any atom is 0.127 e. The molecule has 0 unspecified atom stereocenters. The molecular formula is C11H13FO. The molecule has 0 atom stereocenters. The number of benzene rings is 1. The van der Waals surface area contributed by atoms with E-state index in [1.807, 2.05) is 6.92 Å². The second-order valence-corrected chi connectivity index (χ2v) is 3.60. The normalized spacial score (nSPS) is 15.9. The molecule has 0 bridgehead atoms. The van der Waals surface area contributed by atoms with Crippen molar-refractivity contribution in [2.24, 2.45) is 0 Å². The highest BCUT2D eigenvalue weighted by atomic mass is 19.1. The van der Waals surface area contributed by atoms with Crippen LogP contribution in [0.5, 0.6) is 5.75 Å². The van der Waals surface area contributed by atoms with Crippen LogP contribution in [0.15, 0.2) is 12.1 Å². The highest BCUT2D eigenvalue weighted by Crippen LogP contribution is 2.43. The summed E-state index contributed by atoms with van der Waals surface area (Å²) in [5.74, 6) is 1.05. The third-order valence-electron chi connectivity index (χ3n) is 2.60. The van der Waals surface area contributed by atoms with Gasteiger partial charge in [0.1, 0.15) is 11.6 Å². The van der Waals surface area contributed by atoms with Gasteiger partial charge in [0.25, 0.3) is 0 Å². The van der Waals surface area contributed by atoms with Gasteiger partial charge in [-0.15, -0.1) is 0 Å². The molecule has 2 heteroatoms. The molecule has 1 nitrogen and oxygen atoms in total. The number of rotatable bonds is 2. The smallest absolute Gasteiger partial charge is 0.127 e. The van der Waals surface area contributed by atoms with Crippen LogP contribution in [0.1, 0.15) is 29.9 Å². The summed E-state index contributed by atoms with van der Waals surface area (Å²) < 4.78 is 18.2. The summed E-state index contributed by atoms with van der Waals surface area (Å²) in [6.45, 7) is 1.99. The number of hydrogen-bond acceptors (Lipinski definition) is 1. The highest BCUT2D eigenvalue weighted by molar-refractivity contribution is 5.43. The standard InChI is InChI=1S/C11H13FO/c1-7-10(8-3-4-8)5-9(12)6-11(7)13-2/h5-6,8H,3-4H2,1-2H3. The van der Waals surface area contributed by atoms with Crippen LogP contribution < -0.4 is 4.74 Å². The van der Waals surface area contributed by atoms with Gasteiger partial charge in [0, 0.05) is 6.07 Å². The highest BCUT2D eigenvalue weighted by Gasteiger charge is 2.26. The van der Waals surface area contributed by atoms with Crippen LogP contribution in [-0.2, 0) is 0 Å². The molecule has 0 spiro atoms. The van der Waals surface area contributed by atoms with E-state index in [1.54, 1.807) is 13.2 Å². The average molecular weight is 180 g/mol. The molecule has 1 aliphatic carbocycles. The van der Waals surface area contributed by atoms with E-state index in [9.17, 15) is 4.39 Å². The van der Waals surface area contributed by atoms with Crippen LogP contribution >= 0.6 is 0 Å². The largest absolute Gasteiger partial charge is 0.496 e. The van der Waals surface area contributed by atoms with Crippen molar-refractivity contribution < 1.29 is 9.13 Å². The van der Waals surface area contributed by atoms with Crippen molar-refractivity contribution in [2.75, 3.05) is 7.11 Å². The molecule has 0 aliphatic heterocycles. The Hall–Kier alpha value is -1.05. The Kier molecular flexibility index (Phi) is 1.98. The van der Waals surface area contributed by atoms with E-state index in [0.717, 1.165) is 11.1 Å². The second kappa shape index (κ2) is 3.02. The Morgan fingerprint density at radius 2 is 2.08 bits per heavy atom. The molecule has 13 heavy (non-hydrogen) atoms. The van der Waals surface area contributed by atoms with E-state index in [4.69, 9.17) is 4.74 Å². The van der Waals surface area contributed by atoms with Crippen molar-refractivity contribution in [1.29, 1.82) is 0 Å². The topological polar surface area (TPSA) is 9.23 Å². The fourth-order valence-electron chi connectivity index (χ4n) is 1.70. The van der Waals surface area contributed by atoms with Crippen molar-refractivity contribution in [1.82, 2.24) is 0 Å². The van der Waals surface area contributed by atoms with Gasteiger partial charge in [-0.25, -0.2) is 4.39 Å². The molecular weight excluding hydrogens is 167 g/mol. The van der Waals surface area contributed by atoms with Gasteiger partial charge in [-0.2, -0.15) is 0 Å². The Bertz CT molecular complexity index is 329. The summed E-state index contributed by atoms with van der Waals surface area (Å²) in [6.07, 6.45) is 2.38. The first-order valence-electron chi connectivity index (χ1n) is 4.56. The predicted octanol–water partition coefficient (Wildman–Crippen LogP) is 3.02. The van der Waals surface area contributed by atoms with Gasteiger partial charge in [0.05, 0.1) is 7.11 Å². The van der Waals surface area contributed by atoms with Gasteiger partial charge < -0.3 is 4.74 Å². The number of ether oxygens (including phenoxy) is 1.